The number of hydrogen-bond donors (Lipinski definition) is 2. The molecule has 1 rings (SSSR count). The Hall–Kier alpha value is -0.650. The molecule has 0 radical (unpaired) electrons. The molecule has 3 N–H and O–H groups in total. The molecule has 5 heteroatoms. The van der Waals surface area contributed by atoms with Crippen molar-refractivity contribution in [2.75, 3.05) is 32.8 Å². The van der Waals surface area contributed by atoms with Crippen LogP contribution in [0, 0.1) is 0 Å². The number of nitrogens with two attached hydrogens (primary N) is 1. The van der Waals surface area contributed by atoms with E-state index in [1.54, 1.807) is 0 Å². The summed E-state index contributed by atoms with van der Waals surface area (Å²) < 4.78 is 5.44. The summed E-state index contributed by atoms with van der Waals surface area (Å²) in [6, 6.07) is 0.125. The second kappa shape index (κ2) is 6.83. The number of ether oxygens (including phenoxy) is 1. The second-order valence-electron chi connectivity index (χ2n) is 4.31. The molecule has 0 aliphatic carbocycles. The van der Waals surface area contributed by atoms with E-state index in [-0.39, 0.29) is 18.1 Å². The summed E-state index contributed by atoms with van der Waals surface area (Å²) in [5.74, 6) is -0.0150. The minimum Gasteiger partial charge on any atom is -0.366 e. The molecule has 1 amide bonds. The first-order valence-corrected chi connectivity index (χ1v) is 6.00. The van der Waals surface area contributed by atoms with Gasteiger partial charge in [0.25, 0.3) is 0 Å². The van der Waals surface area contributed by atoms with Crippen LogP contribution in [0.15, 0.2) is 0 Å². The minimum absolute atomic E-state index is 0.0150. The third-order valence-electron chi connectivity index (χ3n) is 2.79. The van der Waals surface area contributed by atoms with Crippen LogP contribution < -0.4 is 11.1 Å². The van der Waals surface area contributed by atoms with Gasteiger partial charge in [0.2, 0.25) is 5.91 Å². The number of morpholine rings is 1. The zero-order valence-corrected chi connectivity index (χ0v) is 10.2. The fourth-order valence-corrected chi connectivity index (χ4v) is 1.69. The molecule has 1 fully saturated rings. The third-order valence-corrected chi connectivity index (χ3v) is 2.79. The fourth-order valence-electron chi connectivity index (χ4n) is 1.69. The Morgan fingerprint density at radius 2 is 2.44 bits per heavy atom. The average Bonchev–Trinajstić information content (AvgIpc) is 2.28. The van der Waals surface area contributed by atoms with Crippen LogP contribution in [0.25, 0.3) is 0 Å². The van der Waals surface area contributed by atoms with E-state index >= 15 is 0 Å². The highest BCUT2D eigenvalue weighted by atomic mass is 16.5. The molecule has 94 valence electrons. The van der Waals surface area contributed by atoms with E-state index in [4.69, 9.17) is 10.5 Å². The van der Waals surface area contributed by atoms with Crippen molar-refractivity contribution in [2.45, 2.75) is 32.4 Å². The van der Waals surface area contributed by atoms with E-state index in [1.165, 1.54) is 0 Å². The number of nitrogens with zero attached hydrogens (tertiary/aromatic N) is 1. The molecular formula is C11H23N3O2. The lowest BCUT2D eigenvalue weighted by atomic mass is 10.2. The lowest BCUT2D eigenvalue weighted by Gasteiger charge is -2.31. The number of hydrogen-bond acceptors (Lipinski definition) is 4. The van der Waals surface area contributed by atoms with E-state index in [0.717, 1.165) is 19.5 Å². The molecule has 16 heavy (non-hydrogen) atoms. The molecule has 1 heterocycles. The lowest BCUT2D eigenvalue weighted by molar-refractivity contribution is -0.138. The van der Waals surface area contributed by atoms with Gasteiger partial charge >= 0.3 is 0 Å². The van der Waals surface area contributed by atoms with Gasteiger partial charge in [-0.1, -0.05) is 6.92 Å². The molecule has 0 saturated carbocycles. The maximum atomic E-state index is 11.7. The topological polar surface area (TPSA) is 67.6 Å². The molecule has 2 unspecified atom stereocenters. The molecule has 0 aromatic rings. The quantitative estimate of drug-likeness (QED) is 0.671. The van der Waals surface area contributed by atoms with Crippen molar-refractivity contribution in [3.05, 3.63) is 0 Å². The van der Waals surface area contributed by atoms with Crippen LogP contribution in [0.3, 0.4) is 0 Å². The lowest BCUT2D eigenvalue weighted by Crippen LogP contribution is -2.50. The Labute approximate surface area is 97.3 Å². The molecule has 5 nitrogen and oxygen atoms in total. The number of likely N-dealkylation sites (N-methyl/N-ethyl adjacent to an activating group) is 1. The molecule has 0 spiro atoms. The molecular weight excluding hydrogens is 206 g/mol. The van der Waals surface area contributed by atoms with Crippen molar-refractivity contribution in [1.29, 1.82) is 0 Å². The fraction of sp³-hybridized carbons (Fsp3) is 0.909. The summed E-state index contributed by atoms with van der Waals surface area (Å²) in [7, 11) is 0. The van der Waals surface area contributed by atoms with Crippen molar-refractivity contribution in [3.63, 3.8) is 0 Å². The van der Waals surface area contributed by atoms with Gasteiger partial charge in [0.1, 0.15) is 6.10 Å². The van der Waals surface area contributed by atoms with E-state index in [0.29, 0.717) is 19.7 Å². The van der Waals surface area contributed by atoms with E-state index < -0.39 is 0 Å². The summed E-state index contributed by atoms with van der Waals surface area (Å²) in [6.07, 6.45) is 0.484. The van der Waals surface area contributed by atoms with Crippen molar-refractivity contribution < 1.29 is 9.53 Å². The average molecular weight is 229 g/mol. The van der Waals surface area contributed by atoms with E-state index in [9.17, 15) is 4.79 Å². The number of nitrogens with one attached hydrogen (secondary N) is 1. The molecule has 1 aliphatic rings. The normalized spacial score (nSPS) is 24.1. The second-order valence-corrected chi connectivity index (χ2v) is 4.31. The monoisotopic (exact) mass is 229 g/mol. The van der Waals surface area contributed by atoms with Crippen LogP contribution in [-0.2, 0) is 9.53 Å². The zero-order valence-electron chi connectivity index (χ0n) is 10.2. The Balaban J connectivity index is 2.24. The molecule has 0 aromatic carbocycles. The molecule has 1 aliphatic heterocycles. The predicted molar refractivity (Wildman–Crippen MR) is 63.1 cm³/mol. The summed E-state index contributed by atoms with van der Waals surface area (Å²) in [5.41, 5.74) is 5.61. The maximum absolute atomic E-state index is 11.7. The van der Waals surface area contributed by atoms with Crippen molar-refractivity contribution >= 4 is 5.91 Å². The Kier molecular flexibility index (Phi) is 5.73. The molecule has 2 atom stereocenters. The third kappa shape index (κ3) is 4.47. The summed E-state index contributed by atoms with van der Waals surface area (Å²) >= 11 is 0. The largest absolute Gasteiger partial charge is 0.366 e. The number of rotatable bonds is 5. The minimum atomic E-state index is -0.318. The molecule has 1 saturated heterocycles. The molecule has 0 bridgehead atoms. The van der Waals surface area contributed by atoms with E-state index in [2.05, 4.69) is 17.1 Å². The van der Waals surface area contributed by atoms with Gasteiger partial charge in [-0.15, -0.1) is 0 Å². The highest BCUT2D eigenvalue weighted by molar-refractivity contribution is 5.81. The zero-order chi connectivity index (χ0) is 12.0. The highest BCUT2D eigenvalue weighted by Gasteiger charge is 2.25. The smallest absolute Gasteiger partial charge is 0.250 e. The number of carbonyl (C=O) groups excluding carboxylic acids is 1. The Morgan fingerprint density at radius 3 is 3.06 bits per heavy atom. The van der Waals surface area contributed by atoms with Gasteiger partial charge < -0.3 is 15.8 Å². The van der Waals surface area contributed by atoms with Crippen LogP contribution in [0.4, 0.5) is 0 Å². The highest BCUT2D eigenvalue weighted by Crippen LogP contribution is 2.04. The number of carbonyl (C=O) groups is 1. The standard InChI is InChI=1S/C11H23N3O2/c1-3-14-6-7-16-10(8-14)11(15)13-5-4-9(2)12/h9-10H,3-8,12H2,1-2H3,(H,13,15). The van der Waals surface area contributed by atoms with Crippen LogP contribution >= 0.6 is 0 Å². The summed E-state index contributed by atoms with van der Waals surface area (Å²) in [6.45, 7) is 7.87. The van der Waals surface area contributed by atoms with Gasteiger partial charge in [-0.3, -0.25) is 9.69 Å². The predicted octanol–water partition coefficient (Wildman–Crippen LogP) is -0.439. The molecule has 0 aromatic heterocycles. The van der Waals surface area contributed by atoms with Gasteiger partial charge in [-0.05, 0) is 19.9 Å². The van der Waals surface area contributed by atoms with Crippen LogP contribution in [0.1, 0.15) is 20.3 Å². The first-order chi connectivity index (χ1) is 7.63. The number of amides is 1. The van der Waals surface area contributed by atoms with E-state index in [1.807, 2.05) is 6.92 Å². The maximum Gasteiger partial charge on any atom is 0.250 e. The van der Waals surface area contributed by atoms with Crippen LogP contribution in [0.5, 0.6) is 0 Å². The summed E-state index contributed by atoms with van der Waals surface area (Å²) in [5, 5.41) is 2.86. The van der Waals surface area contributed by atoms with Crippen molar-refractivity contribution in [1.82, 2.24) is 10.2 Å². The SMILES string of the molecule is CCN1CCOC(C(=O)NCCC(C)N)C1. The van der Waals surface area contributed by atoms with Gasteiger partial charge in [-0.25, -0.2) is 0 Å². The summed E-state index contributed by atoms with van der Waals surface area (Å²) in [4.78, 5) is 14.0. The van der Waals surface area contributed by atoms with Gasteiger partial charge in [0.05, 0.1) is 6.61 Å². The Morgan fingerprint density at radius 1 is 1.69 bits per heavy atom. The van der Waals surface area contributed by atoms with Crippen molar-refractivity contribution in [2.24, 2.45) is 5.73 Å². The van der Waals surface area contributed by atoms with Crippen LogP contribution in [-0.4, -0.2) is 55.7 Å². The van der Waals surface area contributed by atoms with Crippen LogP contribution in [0.2, 0.25) is 0 Å². The van der Waals surface area contributed by atoms with Gasteiger partial charge in [0, 0.05) is 25.7 Å². The first-order valence-electron chi connectivity index (χ1n) is 6.00. The van der Waals surface area contributed by atoms with Crippen molar-refractivity contribution in [3.8, 4) is 0 Å². The van der Waals surface area contributed by atoms with Gasteiger partial charge in [0.15, 0.2) is 0 Å². The first kappa shape index (κ1) is 13.4. The Bertz CT molecular complexity index is 221. The van der Waals surface area contributed by atoms with Gasteiger partial charge in [-0.2, -0.15) is 0 Å².